The Morgan fingerprint density at radius 1 is 1.33 bits per heavy atom. The van der Waals surface area contributed by atoms with Gasteiger partial charge in [0.2, 0.25) is 0 Å². The van der Waals surface area contributed by atoms with Crippen molar-refractivity contribution in [1.29, 1.82) is 0 Å². The number of alkyl carbamates (subject to hydrolysis) is 1. The summed E-state index contributed by atoms with van der Waals surface area (Å²) in [6.45, 7) is 9.33. The lowest BCUT2D eigenvalue weighted by atomic mass is 10.1. The highest BCUT2D eigenvalue weighted by atomic mass is 16.6. The van der Waals surface area contributed by atoms with E-state index in [1.165, 1.54) is 0 Å². The van der Waals surface area contributed by atoms with Gasteiger partial charge in [0.25, 0.3) is 0 Å². The summed E-state index contributed by atoms with van der Waals surface area (Å²) < 4.78 is 10.4. The van der Waals surface area contributed by atoms with Crippen LogP contribution in [0.25, 0.3) is 0 Å². The monoisotopic (exact) mass is 250 g/mol. The SMILES string of the molecule is [CH2][C@@H](NC(=O)OC(C)(C)C)c1ccccc1OC. The van der Waals surface area contributed by atoms with Crippen LogP contribution in [0.3, 0.4) is 0 Å². The molecule has 99 valence electrons. The van der Waals surface area contributed by atoms with E-state index >= 15 is 0 Å². The van der Waals surface area contributed by atoms with Crippen LogP contribution in [0.5, 0.6) is 5.75 Å². The fraction of sp³-hybridized carbons (Fsp3) is 0.429. The Kier molecular flexibility index (Phi) is 4.59. The van der Waals surface area contributed by atoms with Crippen molar-refractivity contribution in [2.75, 3.05) is 7.11 Å². The zero-order valence-corrected chi connectivity index (χ0v) is 11.3. The van der Waals surface area contributed by atoms with Gasteiger partial charge in [0.15, 0.2) is 0 Å². The van der Waals surface area contributed by atoms with Crippen LogP contribution in [-0.4, -0.2) is 18.8 Å². The standard InChI is InChI=1S/C14H20NO3/c1-10(15-13(16)18-14(2,3)4)11-8-6-7-9-12(11)17-5/h6-10H,1H2,2-5H3,(H,15,16)/t10-/m1/s1. The summed E-state index contributed by atoms with van der Waals surface area (Å²) in [6.07, 6.45) is -0.492. The third kappa shape index (κ3) is 4.28. The molecule has 1 radical (unpaired) electrons. The van der Waals surface area contributed by atoms with Crippen molar-refractivity contribution in [3.05, 3.63) is 36.8 Å². The van der Waals surface area contributed by atoms with Crippen molar-refractivity contribution in [3.8, 4) is 5.75 Å². The number of hydrogen-bond acceptors (Lipinski definition) is 3. The highest BCUT2D eigenvalue weighted by Gasteiger charge is 2.19. The first-order valence-electron chi connectivity index (χ1n) is 5.79. The van der Waals surface area contributed by atoms with Gasteiger partial charge < -0.3 is 14.8 Å². The number of amides is 1. The van der Waals surface area contributed by atoms with Crippen molar-refractivity contribution in [3.63, 3.8) is 0 Å². The second-order valence-corrected chi connectivity index (χ2v) is 4.94. The Hall–Kier alpha value is -1.71. The van der Waals surface area contributed by atoms with Gasteiger partial charge in [-0.05, 0) is 33.8 Å². The predicted octanol–water partition coefficient (Wildman–Crippen LogP) is 3.10. The van der Waals surface area contributed by atoms with Crippen LogP contribution in [-0.2, 0) is 4.74 Å². The van der Waals surface area contributed by atoms with E-state index in [0.717, 1.165) is 5.56 Å². The molecule has 0 saturated carbocycles. The van der Waals surface area contributed by atoms with Crippen LogP contribution in [0.1, 0.15) is 32.4 Å². The van der Waals surface area contributed by atoms with Crippen molar-refractivity contribution < 1.29 is 14.3 Å². The molecule has 4 heteroatoms. The Morgan fingerprint density at radius 3 is 2.50 bits per heavy atom. The molecule has 0 aromatic heterocycles. The maximum absolute atomic E-state index is 11.6. The lowest BCUT2D eigenvalue weighted by molar-refractivity contribution is 0.0513. The molecule has 1 N–H and O–H groups in total. The molecule has 1 atom stereocenters. The van der Waals surface area contributed by atoms with E-state index in [4.69, 9.17) is 9.47 Å². The highest BCUT2D eigenvalue weighted by Crippen LogP contribution is 2.24. The van der Waals surface area contributed by atoms with Gasteiger partial charge in [0, 0.05) is 5.56 Å². The summed E-state index contributed by atoms with van der Waals surface area (Å²) in [4.78, 5) is 11.6. The van der Waals surface area contributed by atoms with Crippen molar-refractivity contribution in [2.45, 2.75) is 32.4 Å². The van der Waals surface area contributed by atoms with E-state index in [1.54, 1.807) is 7.11 Å². The summed E-state index contributed by atoms with van der Waals surface area (Å²) in [5.74, 6) is 0.688. The minimum atomic E-state index is -0.523. The second-order valence-electron chi connectivity index (χ2n) is 4.94. The lowest BCUT2D eigenvalue weighted by Crippen LogP contribution is -2.34. The lowest BCUT2D eigenvalue weighted by Gasteiger charge is -2.22. The average molecular weight is 250 g/mol. The maximum atomic E-state index is 11.6. The Balaban J connectivity index is 2.70. The maximum Gasteiger partial charge on any atom is 0.408 e. The molecule has 0 saturated heterocycles. The zero-order valence-electron chi connectivity index (χ0n) is 11.3. The molecule has 1 rings (SSSR count). The average Bonchev–Trinajstić information content (AvgIpc) is 2.26. The van der Waals surface area contributed by atoms with E-state index < -0.39 is 17.7 Å². The Labute approximate surface area is 108 Å². The molecule has 0 heterocycles. The number of carbonyl (C=O) groups excluding carboxylic acids is 1. The van der Waals surface area contributed by atoms with E-state index in [0.29, 0.717) is 5.75 Å². The fourth-order valence-electron chi connectivity index (χ4n) is 1.48. The van der Waals surface area contributed by atoms with E-state index in [1.807, 2.05) is 45.0 Å². The fourth-order valence-corrected chi connectivity index (χ4v) is 1.48. The molecule has 0 aliphatic rings. The van der Waals surface area contributed by atoms with Gasteiger partial charge in [0.05, 0.1) is 13.2 Å². The number of carbonyl (C=O) groups is 1. The molecule has 0 aliphatic heterocycles. The summed E-state index contributed by atoms with van der Waals surface area (Å²) in [6, 6.07) is 6.99. The van der Waals surface area contributed by atoms with Crippen LogP contribution in [0.4, 0.5) is 4.79 Å². The topological polar surface area (TPSA) is 47.6 Å². The third-order valence-electron chi connectivity index (χ3n) is 2.21. The van der Waals surface area contributed by atoms with Crippen LogP contribution >= 0.6 is 0 Å². The van der Waals surface area contributed by atoms with Crippen molar-refractivity contribution in [1.82, 2.24) is 5.32 Å². The molecule has 0 aliphatic carbocycles. The Morgan fingerprint density at radius 2 is 1.94 bits per heavy atom. The second kappa shape index (κ2) is 5.76. The number of para-hydroxylation sites is 1. The van der Waals surface area contributed by atoms with Gasteiger partial charge in [-0.2, -0.15) is 0 Å². The first kappa shape index (κ1) is 14.4. The van der Waals surface area contributed by atoms with E-state index in [9.17, 15) is 4.79 Å². The van der Waals surface area contributed by atoms with Gasteiger partial charge in [-0.3, -0.25) is 0 Å². The molecule has 0 spiro atoms. The Bertz CT molecular complexity index is 410. The van der Waals surface area contributed by atoms with Crippen LogP contribution in [0.15, 0.2) is 24.3 Å². The molecule has 1 aromatic rings. The smallest absolute Gasteiger partial charge is 0.408 e. The summed E-state index contributed by atoms with van der Waals surface area (Å²) >= 11 is 0. The zero-order chi connectivity index (χ0) is 13.8. The molecular weight excluding hydrogens is 230 g/mol. The number of methoxy groups -OCH3 is 1. The van der Waals surface area contributed by atoms with E-state index in [2.05, 4.69) is 12.2 Å². The highest BCUT2D eigenvalue weighted by molar-refractivity contribution is 5.68. The molecule has 18 heavy (non-hydrogen) atoms. The van der Waals surface area contributed by atoms with Crippen LogP contribution in [0.2, 0.25) is 0 Å². The van der Waals surface area contributed by atoms with Crippen LogP contribution in [0, 0.1) is 6.92 Å². The molecule has 1 amide bonds. The molecule has 1 aromatic carbocycles. The van der Waals surface area contributed by atoms with Crippen molar-refractivity contribution in [2.24, 2.45) is 0 Å². The minimum absolute atomic E-state index is 0.420. The van der Waals surface area contributed by atoms with E-state index in [-0.39, 0.29) is 0 Å². The molecule has 0 bridgehead atoms. The quantitative estimate of drug-likeness (QED) is 0.896. The third-order valence-corrected chi connectivity index (χ3v) is 2.21. The first-order chi connectivity index (χ1) is 8.33. The number of ether oxygens (including phenoxy) is 2. The molecule has 0 unspecified atom stereocenters. The number of nitrogens with one attached hydrogen (secondary N) is 1. The summed E-state index contributed by atoms with van der Waals surface area (Å²) in [5, 5.41) is 2.68. The number of benzene rings is 1. The summed E-state index contributed by atoms with van der Waals surface area (Å²) in [7, 11) is 1.58. The minimum Gasteiger partial charge on any atom is -0.496 e. The van der Waals surface area contributed by atoms with Gasteiger partial charge in [-0.1, -0.05) is 18.2 Å². The van der Waals surface area contributed by atoms with Gasteiger partial charge >= 0.3 is 6.09 Å². The van der Waals surface area contributed by atoms with Gasteiger partial charge in [0.1, 0.15) is 11.4 Å². The molecular formula is C14H20NO3. The number of rotatable bonds is 3. The van der Waals surface area contributed by atoms with Gasteiger partial charge in [-0.25, -0.2) is 4.79 Å². The number of hydrogen-bond donors (Lipinski definition) is 1. The summed E-state index contributed by atoms with van der Waals surface area (Å²) in [5.41, 5.74) is 0.288. The predicted molar refractivity (Wildman–Crippen MR) is 70.5 cm³/mol. The van der Waals surface area contributed by atoms with Gasteiger partial charge in [-0.15, -0.1) is 0 Å². The molecule has 0 fully saturated rings. The molecule has 4 nitrogen and oxygen atoms in total. The van der Waals surface area contributed by atoms with Crippen LogP contribution < -0.4 is 10.1 Å². The largest absolute Gasteiger partial charge is 0.496 e. The van der Waals surface area contributed by atoms with Crippen molar-refractivity contribution >= 4 is 6.09 Å². The normalized spacial score (nSPS) is 12.7. The first-order valence-corrected chi connectivity index (χ1v) is 5.79.